The molecule has 6 heteroatoms. The molecule has 0 saturated heterocycles. The lowest BCUT2D eigenvalue weighted by Gasteiger charge is -2.07. The van der Waals surface area contributed by atoms with Crippen molar-refractivity contribution >= 4 is 17.5 Å². The van der Waals surface area contributed by atoms with E-state index in [9.17, 15) is 4.79 Å². The predicted molar refractivity (Wildman–Crippen MR) is 78.3 cm³/mol. The first-order valence-electron chi connectivity index (χ1n) is 6.48. The van der Waals surface area contributed by atoms with Crippen LogP contribution in [0.25, 0.3) is 5.78 Å². The van der Waals surface area contributed by atoms with Gasteiger partial charge in [-0.2, -0.15) is 4.98 Å². The molecule has 0 spiro atoms. The fourth-order valence-electron chi connectivity index (χ4n) is 2.10. The Morgan fingerprint density at radius 3 is 3.00 bits per heavy atom. The summed E-state index contributed by atoms with van der Waals surface area (Å²) in [5.41, 5.74) is 0.833. The summed E-state index contributed by atoms with van der Waals surface area (Å²) in [5, 5.41) is 2.76. The molecule has 0 radical (unpaired) electrons. The van der Waals surface area contributed by atoms with Crippen LogP contribution in [0.3, 0.4) is 0 Å². The summed E-state index contributed by atoms with van der Waals surface area (Å²) < 4.78 is 6.98. The van der Waals surface area contributed by atoms with Gasteiger partial charge >= 0.3 is 0 Å². The van der Waals surface area contributed by atoms with Crippen LogP contribution in [0.5, 0.6) is 5.75 Å². The first-order valence-corrected chi connectivity index (χ1v) is 6.48. The van der Waals surface area contributed by atoms with Crippen LogP contribution < -0.4 is 10.1 Å². The zero-order valence-corrected chi connectivity index (χ0v) is 11.5. The van der Waals surface area contributed by atoms with Crippen LogP contribution in [0.4, 0.5) is 5.82 Å². The number of nitrogens with one attached hydrogen (secondary N) is 1. The van der Waals surface area contributed by atoms with Crippen molar-refractivity contribution in [3.63, 3.8) is 0 Å². The second-order valence-electron chi connectivity index (χ2n) is 4.49. The van der Waals surface area contributed by atoms with Crippen molar-refractivity contribution < 1.29 is 9.53 Å². The van der Waals surface area contributed by atoms with Gasteiger partial charge < -0.3 is 10.1 Å². The maximum atomic E-state index is 12.1. The number of nitrogens with zero attached hydrogens (tertiary/aromatic N) is 3. The predicted octanol–water partition coefficient (Wildman–Crippen LogP) is 1.92. The third-order valence-corrected chi connectivity index (χ3v) is 3.05. The molecule has 0 saturated carbocycles. The van der Waals surface area contributed by atoms with Gasteiger partial charge in [-0.05, 0) is 12.1 Å². The Kier molecular flexibility index (Phi) is 3.51. The molecule has 0 aliphatic rings. The van der Waals surface area contributed by atoms with Gasteiger partial charge in [-0.15, -0.1) is 0 Å². The molecule has 1 aromatic carbocycles. The molecule has 2 aromatic heterocycles. The van der Waals surface area contributed by atoms with Crippen LogP contribution >= 0.6 is 0 Å². The number of carbonyl (C=O) groups is 1. The molecule has 3 aromatic rings. The van der Waals surface area contributed by atoms with Crippen molar-refractivity contribution in [2.75, 3.05) is 12.4 Å². The first kappa shape index (κ1) is 13.1. The summed E-state index contributed by atoms with van der Waals surface area (Å²) in [6, 6.07) is 9.24. The van der Waals surface area contributed by atoms with E-state index in [4.69, 9.17) is 4.74 Å². The van der Waals surface area contributed by atoms with Crippen LogP contribution in [-0.2, 0) is 11.2 Å². The number of anilines is 1. The van der Waals surface area contributed by atoms with E-state index in [0.717, 1.165) is 5.56 Å². The number of aromatic nitrogens is 3. The van der Waals surface area contributed by atoms with Gasteiger partial charge in [0.1, 0.15) is 5.75 Å². The summed E-state index contributed by atoms with van der Waals surface area (Å²) in [6.07, 6.45) is 5.43. The third kappa shape index (κ3) is 2.84. The number of hydrogen-bond acceptors (Lipinski definition) is 4. The number of carbonyl (C=O) groups excluding carboxylic acids is 1. The topological polar surface area (TPSA) is 68.5 Å². The molecule has 0 aliphatic heterocycles. The minimum Gasteiger partial charge on any atom is -0.496 e. The molecule has 106 valence electrons. The average Bonchev–Trinajstić information content (AvgIpc) is 2.89. The van der Waals surface area contributed by atoms with Gasteiger partial charge in [-0.25, -0.2) is 4.98 Å². The maximum Gasteiger partial charge on any atom is 0.235 e. The lowest BCUT2D eigenvalue weighted by Crippen LogP contribution is -2.15. The molecule has 0 atom stereocenters. The number of benzene rings is 1. The summed E-state index contributed by atoms with van der Waals surface area (Å²) in [4.78, 5) is 20.4. The van der Waals surface area contributed by atoms with Crippen LogP contribution in [0.1, 0.15) is 5.56 Å². The van der Waals surface area contributed by atoms with Crippen LogP contribution in [0.15, 0.2) is 48.9 Å². The minimum absolute atomic E-state index is 0.150. The van der Waals surface area contributed by atoms with Gasteiger partial charge in [-0.3, -0.25) is 9.20 Å². The van der Waals surface area contributed by atoms with Crippen LogP contribution in [-0.4, -0.2) is 27.4 Å². The van der Waals surface area contributed by atoms with E-state index in [2.05, 4.69) is 15.3 Å². The number of methoxy groups -OCH3 is 1. The van der Waals surface area contributed by atoms with Gasteiger partial charge in [0, 0.05) is 18.0 Å². The highest BCUT2D eigenvalue weighted by Crippen LogP contribution is 2.18. The zero-order valence-electron chi connectivity index (χ0n) is 11.5. The first-order chi connectivity index (χ1) is 10.3. The van der Waals surface area contributed by atoms with Crippen molar-refractivity contribution in [3.8, 4) is 5.75 Å². The molecule has 1 amide bonds. The molecule has 0 aliphatic carbocycles. The van der Waals surface area contributed by atoms with E-state index in [-0.39, 0.29) is 12.3 Å². The Morgan fingerprint density at radius 2 is 2.19 bits per heavy atom. The lowest BCUT2D eigenvalue weighted by atomic mass is 10.1. The van der Waals surface area contributed by atoms with E-state index < -0.39 is 0 Å². The highest BCUT2D eigenvalue weighted by Gasteiger charge is 2.10. The fourth-order valence-corrected chi connectivity index (χ4v) is 2.10. The number of fused-ring (bicyclic) bond motifs is 1. The largest absolute Gasteiger partial charge is 0.496 e. The Morgan fingerprint density at radius 1 is 1.33 bits per heavy atom. The second kappa shape index (κ2) is 5.62. The number of ether oxygens (including phenoxy) is 1. The molecule has 0 bridgehead atoms. The summed E-state index contributed by atoms with van der Waals surface area (Å²) in [5.74, 6) is 1.57. The lowest BCUT2D eigenvalue weighted by molar-refractivity contribution is -0.115. The van der Waals surface area contributed by atoms with Crippen molar-refractivity contribution in [1.82, 2.24) is 14.4 Å². The van der Waals surface area contributed by atoms with Gasteiger partial charge in [0.25, 0.3) is 0 Å². The summed E-state index contributed by atoms with van der Waals surface area (Å²) in [6.45, 7) is 0. The monoisotopic (exact) mass is 282 g/mol. The van der Waals surface area contributed by atoms with Crippen molar-refractivity contribution in [3.05, 3.63) is 54.5 Å². The Balaban J connectivity index is 1.74. The number of hydrogen-bond donors (Lipinski definition) is 1. The van der Waals surface area contributed by atoms with Gasteiger partial charge in [-0.1, -0.05) is 18.2 Å². The fraction of sp³-hybridized carbons (Fsp3) is 0.133. The quantitative estimate of drug-likeness (QED) is 0.793. The highest BCUT2D eigenvalue weighted by molar-refractivity contribution is 5.91. The van der Waals surface area contributed by atoms with E-state index in [1.807, 2.05) is 30.5 Å². The zero-order chi connectivity index (χ0) is 14.7. The van der Waals surface area contributed by atoms with E-state index >= 15 is 0 Å². The minimum atomic E-state index is -0.150. The van der Waals surface area contributed by atoms with Crippen molar-refractivity contribution in [1.29, 1.82) is 0 Å². The Labute approximate surface area is 121 Å². The Bertz CT molecular complexity index is 749. The van der Waals surface area contributed by atoms with Gasteiger partial charge in [0.15, 0.2) is 5.82 Å². The average molecular weight is 282 g/mol. The van der Waals surface area contributed by atoms with Crippen LogP contribution in [0, 0.1) is 0 Å². The smallest absolute Gasteiger partial charge is 0.235 e. The molecule has 1 N–H and O–H groups in total. The SMILES string of the molecule is COc1ccccc1CC(=O)Nc1cn2cccnc2n1. The Hall–Kier alpha value is -2.89. The van der Waals surface area contributed by atoms with Gasteiger partial charge in [0.05, 0.1) is 19.7 Å². The number of imidazole rings is 1. The second-order valence-corrected chi connectivity index (χ2v) is 4.49. The number of rotatable bonds is 4. The third-order valence-electron chi connectivity index (χ3n) is 3.05. The van der Waals surface area contributed by atoms with Crippen molar-refractivity contribution in [2.24, 2.45) is 0 Å². The van der Waals surface area contributed by atoms with Crippen LogP contribution in [0.2, 0.25) is 0 Å². The molecule has 6 nitrogen and oxygen atoms in total. The summed E-state index contributed by atoms with van der Waals surface area (Å²) >= 11 is 0. The van der Waals surface area contributed by atoms with E-state index in [0.29, 0.717) is 17.3 Å². The molecule has 2 heterocycles. The normalized spacial score (nSPS) is 10.5. The van der Waals surface area contributed by atoms with E-state index in [1.165, 1.54) is 0 Å². The van der Waals surface area contributed by atoms with Crippen molar-refractivity contribution in [2.45, 2.75) is 6.42 Å². The summed E-state index contributed by atoms with van der Waals surface area (Å²) in [7, 11) is 1.59. The number of para-hydroxylation sites is 1. The van der Waals surface area contributed by atoms with Gasteiger partial charge in [0.2, 0.25) is 11.7 Å². The maximum absolute atomic E-state index is 12.1. The molecule has 21 heavy (non-hydrogen) atoms. The van der Waals surface area contributed by atoms with E-state index in [1.54, 1.807) is 30.0 Å². The highest BCUT2D eigenvalue weighted by atomic mass is 16.5. The standard InChI is InChI=1S/C15H14N4O2/c1-21-12-6-3-2-5-11(12)9-14(20)17-13-10-19-8-4-7-16-15(19)18-13/h2-8,10H,9H2,1H3,(H,17,20). The molecular formula is C15H14N4O2. The molecule has 3 rings (SSSR count). The number of amides is 1. The molecule has 0 unspecified atom stereocenters. The molecular weight excluding hydrogens is 268 g/mol. The molecule has 0 fully saturated rings.